The lowest BCUT2D eigenvalue weighted by Crippen LogP contribution is -2.40. The molecule has 0 radical (unpaired) electrons. The minimum Gasteiger partial charge on any atom is -0.461 e. The van der Waals surface area contributed by atoms with Crippen LogP contribution >= 0.6 is 0 Å². The first kappa shape index (κ1) is 10.5. The van der Waals surface area contributed by atoms with Crippen LogP contribution in [-0.2, 0) is 9.53 Å². The molecule has 2 heteroatoms. The maximum absolute atomic E-state index is 10.2. The Morgan fingerprint density at radius 1 is 1.18 bits per heavy atom. The Balaban J connectivity index is 4.37. The third kappa shape index (κ3) is 2.21. The summed E-state index contributed by atoms with van der Waals surface area (Å²) in [6.07, 6.45) is 0. The number of hydrogen-bond donors (Lipinski definition) is 0. The molecule has 0 heterocycles. The van der Waals surface area contributed by atoms with Crippen molar-refractivity contribution in [3.63, 3.8) is 0 Å². The minimum atomic E-state index is -0.318. The van der Waals surface area contributed by atoms with E-state index < -0.39 is 0 Å². The molecule has 0 unspecified atom stereocenters. The zero-order valence-corrected chi connectivity index (χ0v) is 8.05. The molecule has 2 nitrogen and oxygen atoms in total. The lowest BCUT2D eigenvalue weighted by Gasteiger charge is -2.35. The van der Waals surface area contributed by atoms with E-state index in [0.29, 0.717) is 18.3 Å². The monoisotopic (exact) mass is 158 g/mol. The Kier molecular flexibility index (Phi) is 3.56. The van der Waals surface area contributed by atoms with E-state index in [1.807, 2.05) is 6.92 Å². The van der Waals surface area contributed by atoms with Crippen molar-refractivity contribution >= 4 is 6.47 Å². The van der Waals surface area contributed by atoms with Crippen LogP contribution in [-0.4, -0.2) is 12.1 Å². The molecule has 0 aromatic carbocycles. The molecule has 0 saturated carbocycles. The highest BCUT2D eigenvalue weighted by molar-refractivity contribution is 5.38. The molecule has 0 saturated heterocycles. The quantitative estimate of drug-likeness (QED) is 0.586. The predicted molar refractivity (Wildman–Crippen MR) is 45.2 cm³/mol. The second kappa shape index (κ2) is 3.74. The first-order valence-corrected chi connectivity index (χ1v) is 4.06. The van der Waals surface area contributed by atoms with Crippen LogP contribution in [0, 0.1) is 11.8 Å². The third-order valence-electron chi connectivity index (χ3n) is 2.59. The number of ether oxygens (including phenoxy) is 1. The van der Waals surface area contributed by atoms with Crippen molar-refractivity contribution in [2.75, 3.05) is 0 Å². The average molecular weight is 158 g/mol. The van der Waals surface area contributed by atoms with Crippen LogP contribution in [0.2, 0.25) is 0 Å². The van der Waals surface area contributed by atoms with Crippen molar-refractivity contribution < 1.29 is 9.53 Å². The molecule has 0 N–H and O–H groups in total. The van der Waals surface area contributed by atoms with E-state index in [1.54, 1.807) is 0 Å². The summed E-state index contributed by atoms with van der Waals surface area (Å²) in [5.74, 6) is 0.709. The van der Waals surface area contributed by atoms with E-state index in [-0.39, 0.29) is 5.60 Å². The first-order chi connectivity index (χ1) is 4.95. The van der Waals surface area contributed by atoms with Crippen LogP contribution in [0.5, 0.6) is 0 Å². The normalized spacial score (nSPS) is 12.3. The fraction of sp³-hybridized carbons (Fsp3) is 0.889. The molecule has 0 aliphatic carbocycles. The van der Waals surface area contributed by atoms with Crippen molar-refractivity contribution in [1.29, 1.82) is 0 Å². The molecule has 0 aliphatic rings. The lowest BCUT2D eigenvalue weighted by molar-refractivity contribution is -0.152. The summed E-state index contributed by atoms with van der Waals surface area (Å²) in [6.45, 7) is 10.7. The van der Waals surface area contributed by atoms with Crippen molar-refractivity contribution in [1.82, 2.24) is 0 Å². The summed E-state index contributed by atoms with van der Waals surface area (Å²) in [5, 5.41) is 0. The lowest BCUT2D eigenvalue weighted by atomic mass is 9.82. The zero-order valence-electron chi connectivity index (χ0n) is 8.05. The van der Waals surface area contributed by atoms with Crippen LogP contribution in [0.1, 0.15) is 34.6 Å². The second-order valence-corrected chi connectivity index (χ2v) is 3.71. The van der Waals surface area contributed by atoms with Gasteiger partial charge in [0.25, 0.3) is 6.47 Å². The summed E-state index contributed by atoms with van der Waals surface area (Å²) in [6, 6.07) is 0. The van der Waals surface area contributed by atoms with Crippen LogP contribution < -0.4 is 0 Å². The third-order valence-corrected chi connectivity index (χ3v) is 2.59. The Morgan fingerprint density at radius 3 is 1.64 bits per heavy atom. The molecule has 0 aliphatic heterocycles. The predicted octanol–water partition coefficient (Wildman–Crippen LogP) is 2.23. The SMILES string of the molecule is CC(C)C(C)(OC=O)C(C)C. The van der Waals surface area contributed by atoms with Crippen molar-refractivity contribution in [2.24, 2.45) is 11.8 Å². The zero-order chi connectivity index (χ0) is 9.07. The van der Waals surface area contributed by atoms with Gasteiger partial charge in [-0.05, 0) is 18.8 Å². The highest BCUT2D eigenvalue weighted by Crippen LogP contribution is 2.28. The van der Waals surface area contributed by atoms with E-state index in [1.165, 1.54) is 0 Å². The molecule has 0 fully saturated rings. The van der Waals surface area contributed by atoms with E-state index >= 15 is 0 Å². The van der Waals surface area contributed by atoms with Gasteiger partial charge in [-0.3, -0.25) is 4.79 Å². The molecule has 0 aromatic heterocycles. The van der Waals surface area contributed by atoms with Crippen LogP contribution in [0.3, 0.4) is 0 Å². The van der Waals surface area contributed by atoms with E-state index in [9.17, 15) is 4.79 Å². The summed E-state index contributed by atoms with van der Waals surface area (Å²) in [7, 11) is 0. The van der Waals surface area contributed by atoms with Gasteiger partial charge in [-0.15, -0.1) is 0 Å². The van der Waals surface area contributed by atoms with Crippen molar-refractivity contribution in [3.05, 3.63) is 0 Å². The van der Waals surface area contributed by atoms with Gasteiger partial charge >= 0.3 is 0 Å². The number of carbonyl (C=O) groups is 1. The first-order valence-electron chi connectivity index (χ1n) is 4.06. The fourth-order valence-electron chi connectivity index (χ4n) is 1.04. The highest BCUT2D eigenvalue weighted by Gasteiger charge is 2.33. The van der Waals surface area contributed by atoms with Gasteiger partial charge in [0.2, 0.25) is 0 Å². The molecule has 0 amide bonds. The maximum Gasteiger partial charge on any atom is 0.293 e. The molecule has 0 aromatic rings. The van der Waals surface area contributed by atoms with E-state index in [0.717, 1.165) is 0 Å². The Morgan fingerprint density at radius 2 is 1.55 bits per heavy atom. The average Bonchev–Trinajstić information content (AvgIpc) is 1.87. The van der Waals surface area contributed by atoms with E-state index in [4.69, 9.17) is 4.74 Å². The van der Waals surface area contributed by atoms with Gasteiger partial charge in [-0.1, -0.05) is 27.7 Å². The standard InChI is InChI=1S/C9H18O2/c1-7(2)9(5,8(3)4)11-6-10/h6-8H,1-5H3. The molecule has 0 rings (SSSR count). The summed E-state index contributed by atoms with van der Waals surface area (Å²) in [4.78, 5) is 10.2. The minimum absolute atomic E-state index is 0.318. The maximum atomic E-state index is 10.2. The number of rotatable bonds is 4. The fourth-order valence-corrected chi connectivity index (χ4v) is 1.04. The van der Waals surface area contributed by atoms with Gasteiger partial charge < -0.3 is 4.74 Å². The molecule has 66 valence electrons. The summed E-state index contributed by atoms with van der Waals surface area (Å²) < 4.78 is 5.07. The molecule has 0 spiro atoms. The number of carbonyl (C=O) groups excluding carboxylic acids is 1. The Bertz CT molecular complexity index is 120. The van der Waals surface area contributed by atoms with Crippen LogP contribution in [0.4, 0.5) is 0 Å². The molecular formula is C9H18O2. The number of hydrogen-bond acceptors (Lipinski definition) is 2. The van der Waals surface area contributed by atoms with Gasteiger partial charge in [-0.2, -0.15) is 0 Å². The summed E-state index contributed by atoms with van der Waals surface area (Å²) in [5.41, 5.74) is -0.318. The van der Waals surface area contributed by atoms with Gasteiger partial charge in [0.05, 0.1) is 0 Å². The molecule has 0 atom stereocenters. The van der Waals surface area contributed by atoms with Crippen LogP contribution in [0.15, 0.2) is 0 Å². The largest absolute Gasteiger partial charge is 0.461 e. The van der Waals surface area contributed by atoms with Crippen molar-refractivity contribution in [3.8, 4) is 0 Å². The topological polar surface area (TPSA) is 26.3 Å². The van der Waals surface area contributed by atoms with Gasteiger partial charge in [0.1, 0.15) is 5.60 Å². The van der Waals surface area contributed by atoms with Crippen LogP contribution in [0.25, 0.3) is 0 Å². The smallest absolute Gasteiger partial charge is 0.293 e. The van der Waals surface area contributed by atoms with Crippen molar-refractivity contribution in [2.45, 2.75) is 40.2 Å². The molecule has 11 heavy (non-hydrogen) atoms. The molecule has 0 bridgehead atoms. The summed E-state index contributed by atoms with van der Waals surface area (Å²) >= 11 is 0. The molecular weight excluding hydrogens is 140 g/mol. The Labute approximate surface area is 68.9 Å². The van der Waals surface area contributed by atoms with Gasteiger partial charge in [-0.25, -0.2) is 0 Å². The van der Waals surface area contributed by atoms with E-state index in [2.05, 4.69) is 27.7 Å². The van der Waals surface area contributed by atoms with Gasteiger partial charge in [0.15, 0.2) is 0 Å². The van der Waals surface area contributed by atoms with Gasteiger partial charge in [0, 0.05) is 0 Å². The second-order valence-electron chi connectivity index (χ2n) is 3.71. The highest BCUT2D eigenvalue weighted by atomic mass is 16.5. The Hall–Kier alpha value is -0.530.